The highest BCUT2D eigenvalue weighted by atomic mass is 19.1. The Morgan fingerprint density at radius 3 is 2.54 bits per heavy atom. The summed E-state index contributed by atoms with van der Waals surface area (Å²) in [6, 6.07) is 17.4. The van der Waals surface area contributed by atoms with Gasteiger partial charge < -0.3 is 19.5 Å². The molecule has 5 rings (SSSR count). The molecule has 3 aromatic carbocycles. The van der Waals surface area contributed by atoms with Gasteiger partial charge in [0.1, 0.15) is 23.1 Å². The molecule has 0 saturated carbocycles. The number of carbonyl (C=O) groups is 1. The van der Waals surface area contributed by atoms with Gasteiger partial charge >= 0.3 is 0 Å². The first-order chi connectivity index (χ1) is 17.0. The average Bonchev–Trinajstić information content (AvgIpc) is 3.18. The molecular formula is C28H27FN2O4. The van der Waals surface area contributed by atoms with Gasteiger partial charge in [-0.3, -0.25) is 9.69 Å². The van der Waals surface area contributed by atoms with Crippen LogP contribution in [0.5, 0.6) is 17.2 Å². The minimum absolute atomic E-state index is 0.0871. The highest BCUT2D eigenvalue weighted by Gasteiger charge is 2.32. The first kappa shape index (κ1) is 22.9. The molecular weight excluding hydrogens is 447 g/mol. The number of phenols is 1. The Kier molecular flexibility index (Phi) is 6.42. The fraction of sp³-hybridized carbons (Fsp3) is 0.250. The van der Waals surface area contributed by atoms with Crippen molar-refractivity contribution in [2.45, 2.75) is 13.5 Å². The van der Waals surface area contributed by atoms with E-state index in [1.165, 1.54) is 6.07 Å². The van der Waals surface area contributed by atoms with Crippen molar-refractivity contribution in [1.82, 2.24) is 4.90 Å². The predicted molar refractivity (Wildman–Crippen MR) is 133 cm³/mol. The summed E-state index contributed by atoms with van der Waals surface area (Å²) in [7, 11) is 0. The highest BCUT2D eigenvalue weighted by molar-refractivity contribution is 6.15. The number of ether oxygens (including phenoxy) is 2. The third-order valence-corrected chi connectivity index (χ3v) is 6.37. The van der Waals surface area contributed by atoms with Crippen molar-refractivity contribution in [3.63, 3.8) is 0 Å². The van der Waals surface area contributed by atoms with E-state index >= 15 is 0 Å². The van der Waals surface area contributed by atoms with Crippen molar-refractivity contribution in [1.29, 1.82) is 0 Å². The Bertz CT molecular complexity index is 1280. The van der Waals surface area contributed by atoms with Crippen molar-refractivity contribution in [2.24, 2.45) is 0 Å². The van der Waals surface area contributed by atoms with Gasteiger partial charge in [-0.15, -0.1) is 0 Å². The van der Waals surface area contributed by atoms with Crippen LogP contribution < -0.4 is 14.4 Å². The van der Waals surface area contributed by atoms with E-state index in [1.54, 1.807) is 30.3 Å². The second kappa shape index (κ2) is 9.80. The van der Waals surface area contributed by atoms with Gasteiger partial charge in [-0.1, -0.05) is 30.3 Å². The van der Waals surface area contributed by atoms with Crippen molar-refractivity contribution in [2.75, 3.05) is 37.7 Å². The van der Waals surface area contributed by atoms with E-state index in [2.05, 4.69) is 4.90 Å². The van der Waals surface area contributed by atoms with E-state index in [4.69, 9.17) is 9.47 Å². The number of nitrogens with zero attached hydrogens (tertiary/aromatic N) is 2. The fourth-order valence-electron chi connectivity index (χ4n) is 4.56. The number of hydrogen-bond donors (Lipinski definition) is 1. The number of allylic oxidation sites excluding steroid dienone is 1. The van der Waals surface area contributed by atoms with Gasteiger partial charge in [0.2, 0.25) is 5.78 Å². The van der Waals surface area contributed by atoms with E-state index in [9.17, 15) is 14.3 Å². The second-order valence-electron chi connectivity index (χ2n) is 8.57. The van der Waals surface area contributed by atoms with E-state index in [1.807, 2.05) is 42.2 Å². The number of Topliss-reactive ketones (excluding diaryl/α,β-unsaturated/α-hetero) is 1. The molecule has 0 spiro atoms. The Hall–Kier alpha value is -3.84. The lowest BCUT2D eigenvalue weighted by molar-refractivity contribution is 0.101. The lowest BCUT2D eigenvalue weighted by Crippen LogP contribution is -2.46. The lowest BCUT2D eigenvalue weighted by atomic mass is 10.0. The van der Waals surface area contributed by atoms with E-state index < -0.39 is 0 Å². The molecule has 2 aliphatic rings. The van der Waals surface area contributed by atoms with Gasteiger partial charge in [0.25, 0.3) is 0 Å². The molecule has 0 radical (unpaired) electrons. The quantitative estimate of drug-likeness (QED) is 0.515. The molecule has 0 aromatic heterocycles. The summed E-state index contributed by atoms with van der Waals surface area (Å²) in [4.78, 5) is 17.3. The highest BCUT2D eigenvalue weighted by Crippen LogP contribution is 2.40. The van der Waals surface area contributed by atoms with Crippen LogP contribution in [-0.4, -0.2) is 48.6 Å². The molecule has 0 atom stereocenters. The van der Waals surface area contributed by atoms with Crippen LogP contribution in [-0.2, 0) is 6.54 Å². The van der Waals surface area contributed by atoms with Gasteiger partial charge in [0, 0.05) is 38.3 Å². The molecule has 180 valence electrons. The van der Waals surface area contributed by atoms with Crippen LogP contribution >= 0.6 is 0 Å². The van der Waals surface area contributed by atoms with Gasteiger partial charge in [-0.2, -0.15) is 0 Å². The number of hydrogen-bond acceptors (Lipinski definition) is 6. The largest absolute Gasteiger partial charge is 0.507 e. The number of phenolic OH excluding ortho intramolecular Hbond substituents is 1. The number of halogens is 1. The van der Waals surface area contributed by atoms with E-state index in [0.717, 1.165) is 5.56 Å². The lowest BCUT2D eigenvalue weighted by Gasteiger charge is -2.36. The Balaban J connectivity index is 1.34. The number of ketones is 1. The average molecular weight is 475 g/mol. The molecule has 3 aromatic rings. The molecule has 6 nitrogen and oxygen atoms in total. The van der Waals surface area contributed by atoms with Crippen LogP contribution in [0.15, 0.2) is 66.4 Å². The van der Waals surface area contributed by atoms with Crippen molar-refractivity contribution in [3.8, 4) is 17.2 Å². The number of benzene rings is 3. The maximum atomic E-state index is 14.2. The number of carbonyl (C=O) groups excluding carboxylic acids is 1. The molecule has 7 heteroatoms. The number of aromatic hydroxyl groups is 1. The summed E-state index contributed by atoms with van der Waals surface area (Å²) < 4.78 is 25.9. The zero-order chi connectivity index (χ0) is 24.4. The minimum Gasteiger partial charge on any atom is -0.507 e. The Morgan fingerprint density at radius 2 is 1.77 bits per heavy atom. The third kappa shape index (κ3) is 4.59. The summed E-state index contributed by atoms with van der Waals surface area (Å²) >= 11 is 0. The summed E-state index contributed by atoms with van der Waals surface area (Å²) in [6.07, 6.45) is 1.68. The molecule has 1 N–H and O–H groups in total. The minimum atomic E-state index is -0.225. The van der Waals surface area contributed by atoms with Crippen molar-refractivity contribution >= 4 is 17.5 Å². The third-order valence-electron chi connectivity index (χ3n) is 6.37. The zero-order valence-electron chi connectivity index (χ0n) is 19.5. The van der Waals surface area contributed by atoms with Crippen LogP contribution in [0.1, 0.15) is 28.4 Å². The SMILES string of the molecule is CCOc1ccccc1/C=C1\Oc2c(ccc(O)c2CN2CCN(c3ccccc3F)CC2)C1=O. The second-order valence-corrected chi connectivity index (χ2v) is 8.57. The van der Waals surface area contributed by atoms with Crippen LogP contribution in [0.2, 0.25) is 0 Å². The number of anilines is 1. The molecule has 35 heavy (non-hydrogen) atoms. The number of fused-ring (bicyclic) bond motifs is 1. The smallest absolute Gasteiger partial charge is 0.231 e. The summed E-state index contributed by atoms with van der Waals surface area (Å²) in [5.74, 6) is 0.901. The maximum absolute atomic E-state index is 14.2. The van der Waals surface area contributed by atoms with Crippen LogP contribution in [0.25, 0.3) is 6.08 Å². The molecule has 1 saturated heterocycles. The summed E-state index contributed by atoms with van der Waals surface area (Å²) in [5.41, 5.74) is 2.37. The molecule has 0 aliphatic carbocycles. The Labute approximate surface area is 203 Å². The number of piperazine rings is 1. The first-order valence-corrected chi connectivity index (χ1v) is 11.8. The van der Waals surface area contributed by atoms with Crippen LogP contribution in [0, 0.1) is 5.82 Å². The van der Waals surface area contributed by atoms with Crippen LogP contribution in [0.3, 0.4) is 0 Å². The zero-order valence-corrected chi connectivity index (χ0v) is 19.5. The predicted octanol–water partition coefficient (Wildman–Crippen LogP) is 4.87. The van der Waals surface area contributed by atoms with Gasteiger partial charge in [0.15, 0.2) is 5.76 Å². The van der Waals surface area contributed by atoms with Crippen molar-refractivity contribution < 1.29 is 23.8 Å². The van der Waals surface area contributed by atoms with Gasteiger partial charge in [-0.05, 0) is 43.3 Å². The summed E-state index contributed by atoms with van der Waals surface area (Å²) in [6.45, 7) is 5.55. The topological polar surface area (TPSA) is 62.2 Å². The van der Waals surface area contributed by atoms with Gasteiger partial charge in [-0.25, -0.2) is 4.39 Å². The maximum Gasteiger partial charge on any atom is 0.231 e. The van der Waals surface area contributed by atoms with E-state index in [0.29, 0.717) is 67.6 Å². The van der Waals surface area contributed by atoms with Gasteiger partial charge in [0.05, 0.1) is 23.4 Å². The molecule has 0 unspecified atom stereocenters. The van der Waals surface area contributed by atoms with Crippen molar-refractivity contribution in [3.05, 3.63) is 88.9 Å². The fourth-order valence-corrected chi connectivity index (χ4v) is 4.56. The van der Waals surface area contributed by atoms with E-state index in [-0.39, 0.29) is 23.1 Å². The molecule has 1 fully saturated rings. The number of para-hydroxylation sites is 2. The Morgan fingerprint density at radius 1 is 1.03 bits per heavy atom. The molecule has 2 heterocycles. The summed E-state index contributed by atoms with van der Waals surface area (Å²) in [5, 5.41) is 10.6. The normalized spacial score (nSPS) is 16.9. The first-order valence-electron chi connectivity index (χ1n) is 11.8. The molecule has 0 bridgehead atoms. The monoisotopic (exact) mass is 474 g/mol. The number of rotatable bonds is 6. The molecule has 2 aliphatic heterocycles. The molecule has 0 amide bonds. The van der Waals surface area contributed by atoms with Crippen LogP contribution in [0.4, 0.5) is 10.1 Å². The standard InChI is InChI=1S/C28H27FN2O4/c1-2-34-25-10-6-3-7-19(25)17-26-27(33)20-11-12-24(32)21(28(20)35-26)18-30-13-15-31(16-14-30)23-9-5-4-8-22(23)29/h3-12,17,32H,2,13-16,18H2,1H3/b26-17-.